The number of hydrogen-bond acceptors (Lipinski definition) is 5. The Labute approximate surface area is 57.3 Å². The predicted molar refractivity (Wildman–Crippen MR) is 33.7 cm³/mol. The average Bonchev–Trinajstić information content (AvgIpc) is 2.34. The van der Waals surface area contributed by atoms with E-state index in [4.69, 9.17) is 5.21 Å². The van der Waals surface area contributed by atoms with Gasteiger partial charge in [0.15, 0.2) is 6.17 Å². The maximum absolute atomic E-state index is 8.95. The van der Waals surface area contributed by atoms with E-state index in [9.17, 15) is 0 Å². The van der Waals surface area contributed by atoms with Crippen LogP contribution in [0.25, 0.3) is 0 Å². The molecule has 0 aromatic rings. The van der Waals surface area contributed by atoms with Gasteiger partial charge in [0.05, 0.1) is 0 Å². The molecule has 10 heavy (non-hydrogen) atoms. The fourth-order valence-corrected chi connectivity index (χ4v) is 0.949. The summed E-state index contributed by atoms with van der Waals surface area (Å²) < 4.78 is 0. The van der Waals surface area contributed by atoms with Crippen LogP contribution in [0.5, 0.6) is 0 Å². The van der Waals surface area contributed by atoms with Crippen molar-refractivity contribution in [3.63, 3.8) is 0 Å². The monoisotopic (exact) mass is 138 g/mol. The largest absolute Gasteiger partial charge is 0.268 e. The van der Waals surface area contributed by atoms with Crippen molar-refractivity contribution in [2.75, 3.05) is 0 Å². The number of hydrogen-bond donors (Lipinski definition) is 1. The molecule has 52 valence electrons. The summed E-state index contributed by atoms with van der Waals surface area (Å²) in [6.07, 6.45) is 4.93. The molecule has 0 spiro atoms. The topological polar surface area (TPSA) is 60.5 Å². The smallest absolute Gasteiger partial charge is 0.194 e. The first kappa shape index (κ1) is 5.55. The Morgan fingerprint density at radius 2 is 2.40 bits per heavy atom. The van der Waals surface area contributed by atoms with Crippen LogP contribution in [-0.2, 0) is 0 Å². The summed E-state index contributed by atoms with van der Waals surface area (Å²) in [5, 5.41) is 16.9. The first-order valence-electron chi connectivity index (χ1n) is 2.97. The molecule has 2 aliphatic heterocycles. The second kappa shape index (κ2) is 1.88. The van der Waals surface area contributed by atoms with Gasteiger partial charge in [0.1, 0.15) is 6.04 Å². The Bertz CT molecular complexity index is 222. The molecular formula is C5H6N4O. The third-order valence-corrected chi connectivity index (χ3v) is 1.45. The van der Waals surface area contributed by atoms with E-state index in [2.05, 4.69) is 15.3 Å². The maximum atomic E-state index is 8.95. The number of hydroxylamine groups is 1. The second-order valence-corrected chi connectivity index (χ2v) is 2.11. The van der Waals surface area contributed by atoms with E-state index in [1.807, 2.05) is 6.08 Å². The molecule has 5 heteroatoms. The molecule has 0 aromatic carbocycles. The lowest BCUT2D eigenvalue weighted by Crippen LogP contribution is -2.30. The standard InChI is InChI=1S/C5H6N4O/c10-9-5-4(7-8-9)2-1-3-6-5/h1-5,10H. The molecule has 0 bridgehead atoms. The number of rotatable bonds is 0. The highest BCUT2D eigenvalue weighted by Crippen LogP contribution is 2.19. The van der Waals surface area contributed by atoms with Crippen molar-refractivity contribution >= 4 is 6.21 Å². The van der Waals surface area contributed by atoms with E-state index in [-0.39, 0.29) is 12.2 Å². The van der Waals surface area contributed by atoms with Gasteiger partial charge in [0, 0.05) is 6.21 Å². The van der Waals surface area contributed by atoms with Crippen molar-refractivity contribution < 1.29 is 5.21 Å². The summed E-state index contributed by atoms with van der Waals surface area (Å²) in [4.78, 5) is 3.95. The van der Waals surface area contributed by atoms with E-state index >= 15 is 0 Å². The third kappa shape index (κ3) is 0.640. The van der Waals surface area contributed by atoms with Gasteiger partial charge in [-0.15, -0.1) is 5.17 Å². The summed E-state index contributed by atoms with van der Waals surface area (Å²) in [6, 6.07) is -0.102. The molecule has 2 aliphatic rings. The molecule has 2 unspecified atom stereocenters. The third-order valence-electron chi connectivity index (χ3n) is 1.45. The fourth-order valence-electron chi connectivity index (χ4n) is 0.949. The van der Waals surface area contributed by atoms with Crippen LogP contribution in [0, 0.1) is 0 Å². The van der Waals surface area contributed by atoms with E-state index < -0.39 is 0 Å². The quantitative estimate of drug-likeness (QED) is 0.526. The van der Waals surface area contributed by atoms with Crippen molar-refractivity contribution in [1.82, 2.24) is 5.17 Å². The van der Waals surface area contributed by atoms with E-state index in [1.54, 1.807) is 12.3 Å². The van der Waals surface area contributed by atoms with Gasteiger partial charge >= 0.3 is 0 Å². The predicted octanol–water partition coefficient (Wildman–Crippen LogP) is 0.394. The zero-order chi connectivity index (χ0) is 6.97. The Morgan fingerprint density at radius 1 is 1.50 bits per heavy atom. The highest BCUT2D eigenvalue weighted by Gasteiger charge is 2.30. The van der Waals surface area contributed by atoms with Crippen LogP contribution >= 0.6 is 0 Å². The molecule has 0 amide bonds. The molecule has 0 radical (unpaired) electrons. The van der Waals surface area contributed by atoms with Crippen LogP contribution in [0.4, 0.5) is 0 Å². The van der Waals surface area contributed by atoms with Gasteiger partial charge in [0.25, 0.3) is 0 Å². The number of dihydropyridines is 1. The van der Waals surface area contributed by atoms with E-state index in [1.165, 1.54) is 0 Å². The number of fused-ring (bicyclic) bond motifs is 1. The first-order valence-corrected chi connectivity index (χ1v) is 2.97. The number of nitrogens with zero attached hydrogens (tertiary/aromatic N) is 4. The van der Waals surface area contributed by atoms with Gasteiger partial charge in [-0.3, -0.25) is 10.2 Å². The van der Waals surface area contributed by atoms with E-state index in [0.29, 0.717) is 0 Å². The Hall–Kier alpha value is -1.23. The van der Waals surface area contributed by atoms with Gasteiger partial charge < -0.3 is 0 Å². The number of aliphatic imine (C=N–C) groups is 1. The van der Waals surface area contributed by atoms with Crippen LogP contribution in [-0.4, -0.2) is 28.8 Å². The Morgan fingerprint density at radius 3 is 3.20 bits per heavy atom. The van der Waals surface area contributed by atoms with Crippen molar-refractivity contribution in [1.29, 1.82) is 0 Å². The molecule has 0 saturated carbocycles. The van der Waals surface area contributed by atoms with Crippen molar-refractivity contribution in [3.05, 3.63) is 12.2 Å². The zero-order valence-corrected chi connectivity index (χ0v) is 5.12. The van der Waals surface area contributed by atoms with Gasteiger partial charge in [-0.05, 0) is 11.3 Å². The van der Waals surface area contributed by atoms with Crippen molar-refractivity contribution in [2.45, 2.75) is 12.2 Å². The van der Waals surface area contributed by atoms with Crippen LogP contribution < -0.4 is 0 Å². The van der Waals surface area contributed by atoms with Gasteiger partial charge in [-0.1, -0.05) is 6.08 Å². The molecule has 0 aliphatic carbocycles. The normalized spacial score (nSPS) is 35.1. The van der Waals surface area contributed by atoms with E-state index in [0.717, 1.165) is 5.17 Å². The maximum Gasteiger partial charge on any atom is 0.194 e. The number of allylic oxidation sites excluding steroid dienone is 1. The minimum atomic E-state index is -0.329. The average molecular weight is 138 g/mol. The SMILES string of the molecule is ON1N=NC2C=CC=NC21. The molecule has 5 nitrogen and oxygen atoms in total. The van der Waals surface area contributed by atoms with Crippen LogP contribution in [0.3, 0.4) is 0 Å². The molecule has 2 atom stereocenters. The lowest BCUT2D eigenvalue weighted by molar-refractivity contribution is -0.113. The minimum Gasteiger partial charge on any atom is -0.268 e. The molecule has 0 aromatic heterocycles. The Kier molecular flexibility index (Phi) is 1.04. The van der Waals surface area contributed by atoms with Gasteiger partial charge in [-0.25, -0.2) is 0 Å². The van der Waals surface area contributed by atoms with Crippen LogP contribution in [0.1, 0.15) is 0 Å². The highest BCUT2D eigenvalue weighted by molar-refractivity contribution is 5.72. The van der Waals surface area contributed by atoms with Gasteiger partial charge in [-0.2, -0.15) is 5.11 Å². The molecule has 1 N–H and O–H groups in total. The first-order chi connectivity index (χ1) is 4.88. The van der Waals surface area contributed by atoms with Crippen molar-refractivity contribution in [2.24, 2.45) is 15.3 Å². The molecule has 0 fully saturated rings. The summed E-state index contributed by atoms with van der Waals surface area (Å²) in [5.41, 5.74) is 0. The highest BCUT2D eigenvalue weighted by atomic mass is 16.5. The van der Waals surface area contributed by atoms with Crippen LogP contribution in [0.2, 0.25) is 0 Å². The fraction of sp³-hybridized carbons (Fsp3) is 0.400. The van der Waals surface area contributed by atoms with Gasteiger partial charge in [0.2, 0.25) is 0 Å². The minimum absolute atomic E-state index is 0.102. The lowest BCUT2D eigenvalue weighted by Gasteiger charge is -2.14. The molecule has 2 heterocycles. The van der Waals surface area contributed by atoms with Crippen molar-refractivity contribution in [3.8, 4) is 0 Å². The second-order valence-electron chi connectivity index (χ2n) is 2.11. The molecule has 0 saturated heterocycles. The summed E-state index contributed by atoms with van der Waals surface area (Å²) >= 11 is 0. The summed E-state index contributed by atoms with van der Waals surface area (Å²) in [5.74, 6) is 0. The summed E-state index contributed by atoms with van der Waals surface area (Å²) in [6.45, 7) is 0. The molecular weight excluding hydrogens is 132 g/mol. The van der Waals surface area contributed by atoms with Crippen LogP contribution in [0.15, 0.2) is 27.5 Å². The molecule has 2 rings (SSSR count). The zero-order valence-electron chi connectivity index (χ0n) is 5.12. The Balaban J connectivity index is 2.26. The summed E-state index contributed by atoms with van der Waals surface area (Å²) in [7, 11) is 0. The lowest BCUT2D eigenvalue weighted by atomic mass is 10.2.